The van der Waals surface area contributed by atoms with Gasteiger partial charge in [0.2, 0.25) is 0 Å². The zero-order valence-corrected chi connectivity index (χ0v) is 10.1. The summed E-state index contributed by atoms with van der Waals surface area (Å²) < 4.78 is 12.9. The van der Waals surface area contributed by atoms with Crippen molar-refractivity contribution < 1.29 is 4.39 Å². The second-order valence-electron chi connectivity index (χ2n) is 5.07. The Morgan fingerprint density at radius 1 is 1.38 bits per heavy atom. The minimum atomic E-state index is -0.143. The zero-order chi connectivity index (χ0) is 11.5. The van der Waals surface area contributed by atoms with Crippen LogP contribution in [0.5, 0.6) is 0 Å². The normalized spacial score (nSPS) is 24.9. The van der Waals surface area contributed by atoms with Gasteiger partial charge in [0.1, 0.15) is 5.82 Å². The first-order valence-electron chi connectivity index (χ1n) is 6.13. The van der Waals surface area contributed by atoms with Crippen LogP contribution in [0.2, 0.25) is 0 Å². The van der Waals surface area contributed by atoms with Crippen molar-refractivity contribution in [2.45, 2.75) is 45.7 Å². The van der Waals surface area contributed by atoms with Crippen LogP contribution < -0.4 is 5.32 Å². The number of hydrogen-bond acceptors (Lipinski definition) is 1. The second-order valence-corrected chi connectivity index (χ2v) is 5.07. The van der Waals surface area contributed by atoms with Crippen molar-refractivity contribution in [3.05, 3.63) is 35.1 Å². The zero-order valence-electron chi connectivity index (χ0n) is 10.1. The summed E-state index contributed by atoms with van der Waals surface area (Å²) in [6, 6.07) is 5.69. The highest BCUT2D eigenvalue weighted by molar-refractivity contribution is 5.26. The van der Waals surface area contributed by atoms with Gasteiger partial charge in [-0.05, 0) is 55.4 Å². The van der Waals surface area contributed by atoms with Gasteiger partial charge in [0.25, 0.3) is 0 Å². The summed E-state index contributed by atoms with van der Waals surface area (Å²) in [5, 5.41) is 3.57. The molecule has 1 aromatic rings. The summed E-state index contributed by atoms with van der Waals surface area (Å²) in [4.78, 5) is 0. The largest absolute Gasteiger partial charge is 0.310 e. The standard InChI is InChI=1S/C14H20FN/c1-10-3-6-14(7-10)16-9-12-4-5-13(15)8-11(12)2/h4-5,8,10,14,16H,3,6-7,9H2,1-2H3. The Morgan fingerprint density at radius 2 is 2.19 bits per heavy atom. The van der Waals surface area contributed by atoms with E-state index < -0.39 is 0 Å². The third kappa shape index (κ3) is 2.82. The highest BCUT2D eigenvalue weighted by atomic mass is 19.1. The molecule has 1 nitrogen and oxygen atoms in total. The number of nitrogens with one attached hydrogen (secondary N) is 1. The maximum Gasteiger partial charge on any atom is 0.123 e. The molecule has 2 heteroatoms. The molecular formula is C14H20FN. The Labute approximate surface area is 97.1 Å². The van der Waals surface area contributed by atoms with Crippen molar-refractivity contribution >= 4 is 0 Å². The van der Waals surface area contributed by atoms with Gasteiger partial charge >= 0.3 is 0 Å². The van der Waals surface area contributed by atoms with E-state index in [0.29, 0.717) is 6.04 Å². The van der Waals surface area contributed by atoms with Crippen molar-refractivity contribution in [2.24, 2.45) is 5.92 Å². The number of hydrogen-bond donors (Lipinski definition) is 1. The van der Waals surface area contributed by atoms with E-state index in [-0.39, 0.29) is 5.82 Å². The summed E-state index contributed by atoms with van der Waals surface area (Å²) in [5.74, 6) is 0.711. The summed E-state index contributed by atoms with van der Waals surface area (Å²) in [6.45, 7) is 5.14. The topological polar surface area (TPSA) is 12.0 Å². The fourth-order valence-electron chi connectivity index (χ4n) is 2.50. The molecule has 0 bridgehead atoms. The average molecular weight is 221 g/mol. The molecule has 0 aliphatic heterocycles. The molecule has 1 aromatic carbocycles. The predicted octanol–water partition coefficient (Wildman–Crippen LogP) is 3.41. The van der Waals surface area contributed by atoms with Crippen LogP contribution in [0.15, 0.2) is 18.2 Å². The lowest BCUT2D eigenvalue weighted by molar-refractivity contribution is 0.501. The Hall–Kier alpha value is -0.890. The predicted molar refractivity (Wildman–Crippen MR) is 64.8 cm³/mol. The molecule has 0 spiro atoms. The van der Waals surface area contributed by atoms with Gasteiger partial charge in [-0.25, -0.2) is 4.39 Å². The van der Waals surface area contributed by atoms with Crippen LogP contribution >= 0.6 is 0 Å². The third-order valence-electron chi connectivity index (χ3n) is 3.58. The van der Waals surface area contributed by atoms with Gasteiger partial charge in [-0.3, -0.25) is 0 Å². The van der Waals surface area contributed by atoms with Crippen LogP contribution in [-0.2, 0) is 6.54 Å². The maximum atomic E-state index is 12.9. The number of benzene rings is 1. The van der Waals surface area contributed by atoms with E-state index in [0.717, 1.165) is 18.0 Å². The molecule has 16 heavy (non-hydrogen) atoms. The first kappa shape index (κ1) is 11.6. The van der Waals surface area contributed by atoms with E-state index in [9.17, 15) is 4.39 Å². The smallest absolute Gasteiger partial charge is 0.123 e. The van der Waals surface area contributed by atoms with Crippen molar-refractivity contribution in [1.82, 2.24) is 5.32 Å². The minimum Gasteiger partial charge on any atom is -0.310 e. The van der Waals surface area contributed by atoms with Crippen LogP contribution in [-0.4, -0.2) is 6.04 Å². The molecule has 0 amide bonds. The maximum absolute atomic E-state index is 12.9. The summed E-state index contributed by atoms with van der Waals surface area (Å²) in [5.41, 5.74) is 2.25. The number of halogens is 1. The highest BCUT2D eigenvalue weighted by Gasteiger charge is 2.20. The van der Waals surface area contributed by atoms with E-state index in [4.69, 9.17) is 0 Å². The number of rotatable bonds is 3. The Bertz CT molecular complexity index is 362. The molecule has 0 radical (unpaired) electrons. The van der Waals surface area contributed by atoms with Gasteiger partial charge in [-0.1, -0.05) is 13.0 Å². The van der Waals surface area contributed by atoms with E-state index in [2.05, 4.69) is 12.2 Å². The van der Waals surface area contributed by atoms with Crippen LogP contribution in [0.3, 0.4) is 0 Å². The van der Waals surface area contributed by atoms with Crippen molar-refractivity contribution in [3.8, 4) is 0 Å². The Balaban J connectivity index is 1.89. The molecule has 2 rings (SSSR count). The van der Waals surface area contributed by atoms with Gasteiger partial charge < -0.3 is 5.32 Å². The molecule has 1 N–H and O–H groups in total. The monoisotopic (exact) mass is 221 g/mol. The second kappa shape index (κ2) is 4.96. The van der Waals surface area contributed by atoms with Gasteiger partial charge in [-0.15, -0.1) is 0 Å². The summed E-state index contributed by atoms with van der Waals surface area (Å²) >= 11 is 0. The van der Waals surface area contributed by atoms with Crippen LogP contribution in [0.25, 0.3) is 0 Å². The summed E-state index contributed by atoms with van der Waals surface area (Å²) in [7, 11) is 0. The van der Waals surface area contributed by atoms with Crippen LogP contribution in [0, 0.1) is 18.7 Å². The number of aryl methyl sites for hydroxylation is 1. The van der Waals surface area contributed by atoms with Gasteiger partial charge in [0.05, 0.1) is 0 Å². The molecule has 1 aliphatic rings. The molecule has 1 aliphatic carbocycles. The minimum absolute atomic E-state index is 0.143. The fourth-order valence-corrected chi connectivity index (χ4v) is 2.50. The Kier molecular flexibility index (Phi) is 3.59. The summed E-state index contributed by atoms with van der Waals surface area (Å²) in [6.07, 6.45) is 3.89. The van der Waals surface area contributed by atoms with E-state index in [1.54, 1.807) is 12.1 Å². The first-order valence-corrected chi connectivity index (χ1v) is 6.13. The average Bonchev–Trinajstić information content (AvgIpc) is 2.63. The molecule has 2 unspecified atom stereocenters. The van der Waals surface area contributed by atoms with Crippen molar-refractivity contribution in [3.63, 3.8) is 0 Å². The lowest BCUT2D eigenvalue weighted by Gasteiger charge is -2.13. The van der Waals surface area contributed by atoms with Gasteiger partial charge in [0.15, 0.2) is 0 Å². The molecule has 0 saturated heterocycles. The van der Waals surface area contributed by atoms with E-state index in [1.165, 1.54) is 24.8 Å². The van der Waals surface area contributed by atoms with E-state index in [1.807, 2.05) is 13.0 Å². The van der Waals surface area contributed by atoms with E-state index >= 15 is 0 Å². The lowest BCUT2D eigenvalue weighted by atomic mass is 10.1. The first-order chi connectivity index (χ1) is 7.65. The Morgan fingerprint density at radius 3 is 2.81 bits per heavy atom. The molecule has 2 atom stereocenters. The molecule has 1 fully saturated rings. The van der Waals surface area contributed by atoms with Crippen molar-refractivity contribution in [1.29, 1.82) is 0 Å². The fraction of sp³-hybridized carbons (Fsp3) is 0.571. The van der Waals surface area contributed by atoms with Gasteiger partial charge in [-0.2, -0.15) is 0 Å². The van der Waals surface area contributed by atoms with Crippen molar-refractivity contribution in [2.75, 3.05) is 0 Å². The lowest BCUT2D eigenvalue weighted by Crippen LogP contribution is -2.26. The molecule has 88 valence electrons. The highest BCUT2D eigenvalue weighted by Crippen LogP contribution is 2.25. The molecule has 0 heterocycles. The SMILES string of the molecule is Cc1cc(F)ccc1CNC1CCC(C)C1. The van der Waals surface area contributed by atoms with Crippen LogP contribution in [0.4, 0.5) is 4.39 Å². The third-order valence-corrected chi connectivity index (χ3v) is 3.58. The molecule has 1 saturated carbocycles. The quantitative estimate of drug-likeness (QED) is 0.824. The molecule has 0 aromatic heterocycles. The van der Waals surface area contributed by atoms with Gasteiger partial charge in [0, 0.05) is 12.6 Å². The van der Waals surface area contributed by atoms with Crippen LogP contribution in [0.1, 0.15) is 37.3 Å². The molecular weight excluding hydrogens is 201 g/mol.